The van der Waals surface area contributed by atoms with E-state index in [1.165, 1.54) is 31.2 Å². The zero-order chi connectivity index (χ0) is 28.2. The molecule has 1 fully saturated rings. The van der Waals surface area contributed by atoms with Gasteiger partial charge in [0.2, 0.25) is 12.0 Å². The first-order valence-corrected chi connectivity index (χ1v) is 14.8. The van der Waals surface area contributed by atoms with Crippen molar-refractivity contribution < 1.29 is 32.3 Å². The molecule has 1 aliphatic rings. The molecule has 206 valence electrons. The van der Waals surface area contributed by atoms with Crippen molar-refractivity contribution in [2.24, 2.45) is 0 Å². The summed E-state index contributed by atoms with van der Waals surface area (Å²) in [7, 11) is -3.41. The van der Waals surface area contributed by atoms with Gasteiger partial charge in [-0.05, 0) is 44.0 Å². The Bertz CT molecular complexity index is 1490. The normalized spacial score (nSPS) is 13.8. The van der Waals surface area contributed by atoms with E-state index in [1.54, 1.807) is 31.2 Å². The largest absolute Gasteiger partial charge is 0.476 e. The molecule has 0 bridgehead atoms. The Balaban J connectivity index is 1.60. The second-order valence-electron chi connectivity index (χ2n) is 8.73. The average molecular weight is 592 g/mol. The van der Waals surface area contributed by atoms with Crippen LogP contribution in [-0.2, 0) is 35.4 Å². The highest BCUT2D eigenvalue weighted by molar-refractivity contribution is 7.92. The van der Waals surface area contributed by atoms with Gasteiger partial charge >= 0.3 is 5.97 Å². The smallest absolute Gasteiger partial charge is 0.311 e. The molecule has 39 heavy (non-hydrogen) atoms. The van der Waals surface area contributed by atoms with Crippen LogP contribution in [0, 0.1) is 0 Å². The molecule has 1 heterocycles. The van der Waals surface area contributed by atoms with Gasteiger partial charge in [-0.15, -0.1) is 0 Å². The lowest BCUT2D eigenvalue weighted by molar-refractivity contribution is -0.142. The minimum atomic E-state index is -3.41. The average Bonchev–Trinajstić information content (AvgIpc) is 3.68. The summed E-state index contributed by atoms with van der Waals surface area (Å²) in [5.74, 6) is -1.08. The summed E-state index contributed by atoms with van der Waals surface area (Å²) < 4.78 is 36.4. The van der Waals surface area contributed by atoms with E-state index in [2.05, 4.69) is 15.6 Å². The molecule has 0 spiro atoms. The van der Waals surface area contributed by atoms with E-state index in [4.69, 9.17) is 21.1 Å². The summed E-state index contributed by atoms with van der Waals surface area (Å²) in [6, 6.07) is 12.5. The van der Waals surface area contributed by atoms with Crippen molar-refractivity contribution in [3.05, 3.63) is 64.1 Å². The number of halogens is 1. The van der Waals surface area contributed by atoms with E-state index in [-0.39, 0.29) is 50.0 Å². The van der Waals surface area contributed by atoms with Crippen molar-refractivity contribution in [3.8, 4) is 5.75 Å². The molecular formula is C26H26ClN3O7S2. The fourth-order valence-corrected chi connectivity index (χ4v) is 6.38. The van der Waals surface area contributed by atoms with E-state index in [1.807, 2.05) is 0 Å². The predicted octanol–water partition coefficient (Wildman–Crippen LogP) is 4.56. The Morgan fingerprint density at radius 3 is 2.49 bits per heavy atom. The van der Waals surface area contributed by atoms with Crippen molar-refractivity contribution in [2.75, 3.05) is 17.2 Å². The Labute approximate surface area is 234 Å². The lowest BCUT2D eigenvalue weighted by Gasteiger charge is -2.19. The van der Waals surface area contributed by atoms with Crippen molar-refractivity contribution in [1.29, 1.82) is 0 Å². The quantitative estimate of drug-likeness (QED) is 0.309. The van der Waals surface area contributed by atoms with Gasteiger partial charge in [-0.2, -0.15) is 0 Å². The molecule has 1 saturated carbocycles. The number of hydrogen-bond donors (Lipinski definition) is 2. The third kappa shape index (κ3) is 7.34. The van der Waals surface area contributed by atoms with Crippen LogP contribution < -0.4 is 15.4 Å². The second-order valence-corrected chi connectivity index (χ2v) is 12.6. The first-order valence-electron chi connectivity index (χ1n) is 12.1. The van der Waals surface area contributed by atoms with E-state index in [9.17, 15) is 22.8 Å². The number of carbonyl (C=O) groups excluding carboxylic acids is 3. The van der Waals surface area contributed by atoms with Crippen LogP contribution >= 0.6 is 22.9 Å². The molecule has 0 radical (unpaired) electrons. The van der Waals surface area contributed by atoms with Gasteiger partial charge in [0.1, 0.15) is 10.1 Å². The molecular weight excluding hydrogens is 566 g/mol. The number of rotatable bonds is 11. The zero-order valence-corrected chi connectivity index (χ0v) is 23.5. The number of esters is 1. The summed E-state index contributed by atoms with van der Waals surface area (Å²) in [5, 5.41) is 5.10. The number of carbonyl (C=O) groups is 3. The van der Waals surface area contributed by atoms with Crippen molar-refractivity contribution >= 4 is 61.4 Å². The maximum Gasteiger partial charge on any atom is 0.311 e. The highest BCUT2D eigenvalue weighted by Crippen LogP contribution is 2.35. The Kier molecular flexibility index (Phi) is 8.88. The summed E-state index contributed by atoms with van der Waals surface area (Å²) in [6.45, 7) is 3.27. The topological polar surface area (TPSA) is 141 Å². The summed E-state index contributed by atoms with van der Waals surface area (Å²) in [5.41, 5.74) is 1.13. The molecule has 13 heteroatoms. The Morgan fingerprint density at radius 2 is 1.85 bits per heavy atom. The van der Waals surface area contributed by atoms with Crippen LogP contribution in [0.5, 0.6) is 5.75 Å². The first kappa shape index (κ1) is 28.5. The molecule has 1 unspecified atom stereocenters. The Morgan fingerprint density at radius 1 is 1.13 bits per heavy atom. The SMILES string of the molecule is CCOC(=O)Cc1nc(NC(=O)C(Oc2cccc(NC(C)=O)c2)c2ccc(S(=O)(=O)C3CC3)cc2)sc1Cl. The first-order chi connectivity index (χ1) is 18.6. The van der Waals surface area contributed by atoms with Crippen LogP contribution in [0.2, 0.25) is 4.34 Å². The van der Waals surface area contributed by atoms with Crippen molar-refractivity contribution in [2.45, 2.75) is 49.4 Å². The van der Waals surface area contributed by atoms with Crippen LogP contribution in [0.4, 0.5) is 10.8 Å². The number of thiazole rings is 1. The van der Waals surface area contributed by atoms with Gasteiger partial charge in [0.05, 0.1) is 28.9 Å². The molecule has 0 saturated heterocycles. The van der Waals surface area contributed by atoms with Crippen LogP contribution in [0.25, 0.3) is 0 Å². The van der Waals surface area contributed by atoms with Crippen molar-refractivity contribution in [1.82, 2.24) is 4.98 Å². The monoisotopic (exact) mass is 591 g/mol. The van der Waals surface area contributed by atoms with Crippen molar-refractivity contribution in [3.63, 3.8) is 0 Å². The third-order valence-corrected chi connectivity index (χ3v) is 9.15. The lowest BCUT2D eigenvalue weighted by atomic mass is 10.1. The molecule has 1 aromatic heterocycles. The van der Waals surface area contributed by atoms with Crippen LogP contribution in [0.15, 0.2) is 53.4 Å². The Hall–Kier alpha value is -3.48. The fraction of sp³-hybridized carbons (Fsp3) is 0.308. The minimum absolute atomic E-state index is 0.147. The van der Waals surface area contributed by atoms with E-state index >= 15 is 0 Å². The fourth-order valence-electron chi connectivity index (χ4n) is 3.68. The molecule has 2 N–H and O–H groups in total. The third-order valence-electron chi connectivity index (χ3n) is 5.62. The summed E-state index contributed by atoms with van der Waals surface area (Å²) in [4.78, 5) is 41.2. The molecule has 3 aromatic rings. The van der Waals surface area contributed by atoms with Gasteiger partial charge in [-0.3, -0.25) is 19.7 Å². The minimum Gasteiger partial charge on any atom is -0.476 e. The van der Waals surface area contributed by atoms with Crippen LogP contribution in [0.3, 0.4) is 0 Å². The lowest BCUT2D eigenvalue weighted by Crippen LogP contribution is -2.26. The number of sulfone groups is 1. The number of amides is 2. The molecule has 0 aliphatic heterocycles. The number of hydrogen-bond acceptors (Lipinski definition) is 9. The van der Waals surface area contributed by atoms with E-state index in [0.29, 0.717) is 24.1 Å². The van der Waals surface area contributed by atoms with Gasteiger partial charge in [0.25, 0.3) is 5.91 Å². The predicted molar refractivity (Wildman–Crippen MR) is 147 cm³/mol. The number of anilines is 2. The van der Waals surface area contributed by atoms with Gasteiger partial charge in [0.15, 0.2) is 15.0 Å². The van der Waals surface area contributed by atoms with Gasteiger partial charge in [-0.1, -0.05) is 41.1 Å². The molecule has 10 nitrogen and oxygen atoms in total. The highest BCUT2D eigenvalue weighted by atomic mass is 35.5. The molecule has 1 atom stereocenters. The number of aromatic nitrogens is 1. The molecule has 1 aliphatic carbocycles. The second kappa shape index (κ2) is 12.1. The number of nitrogens with one attached hydrogen (secondary N) is 2. The number of benzene rings is 2. The maximum absolute atomic E-state index is 13.4. The van der Waals surface area contributed by atoms with E-state index < -0.39 is 27.8 Å². The standard InChI is InChI=1S/C26H26ClN3O7S2/c1-3-36-22(32)14-21-24(27)38-26(29-21)30-25(33)23(37-18-6-4-5-17(13-18)28-15(2)31)16-7-9-19(10-8-16)39(34,35)20-11-12-20/h4-10,13,20,23H,3,11-12,14H2,1-2H3,(H,28,31)(H,29,30,33). The summed E-state index contributed by atoms with van der Waals surface area (Å²) in [6.07, 6.45) is -0.0906. The van der Waals surface area contributed by atoms with E-state index in [0.717, 1.165) is 11.3 Å². The van der Waals surface area contributed by atoms with Gasteiger partial charge < -0.3 is 14.8 Å². The molecule has 2 aromatic carbocycles. The van der Waals surface area contributed by atoms with Crippen LogP contribution in [-0.4, -0.2) is 43.0 Å². The number of nitrogens with zero attached hydrogens (tertiary/aromatic N) is 1. The molecule has 4 rings (SSSR count). The maximum atomic E-state index is 13.4. The van der Waals surface area contributed by atoms with Gasteiger partial charge in [0, 0.05) is 24.2 Å². The van der Waals surface area contributed by atoms with Gasteiger partial charge in [-0.25, -0.2) is 13.4 Å². The zero-order valence-electron chi connectivity index (χ0n) is 21.1. The molecule has 2 amide bonds. The van der Waals surface area contributed by atoms with Crippen LogP contribution in [0.1, 0.15) is 44.1 Å². The summed E-state index contributed by atoms with van der Waals surface area (Å²) >= 11 is 7.20. The number of ether oxygens (including phenoxy) is 2. The highest BCUT2D eigenvalue weighted by Gasteiger charge is 2.37.